The van der Waals surface area contributed by atoms with E-state index in [1.54, 1.807) is 6.07 Å². The molecule has 0 unspecified atom stereocenters. The molecule has 0 saturated carbocycles. The van der Waals surface area contributed by atoms with E-state index < -0.39 is 4.92 Å². The Morgan fingerprint density at radius 1 is 1.37 bits per heavy atom. The van der Waals surface area contributed by atoms with Crippen molar-refractivity contribution in [3.63, 3.8) is 0 Å². The Bertz CT molecular complexity index is 646. The Balaban J connectivity index is 2.45. The number of hydrogen-bond donors (Lipinski definition) is 2. The van der Waals surface area contributed by atoms with Gasteiger partial charge in [0.15, 0.2) is 0 Å². The molecular weight excluding hydrogens is 312 g/mol. The van der Waals surface area contributed by atoms with Gasteiger partial charge >= 0.3 is 5.69 Å². The Morgan fingerprint density at radius 2 is 2.11 bits per heavy atom. The van der Waals surface area contributed by atoms with Crippen LogP contribution in [0.3, 0.4) is 0 Å². The summed E-state index contributed by atoms with van der Waals surface area (Å²) in [6.07, 6.45) is 0. The van der Waals surface area contributed by atoms with Gasteiger partial charge in [-0.25, -0.2) is 4.98 Å². The lowest BCUT2D eigenvalue weighted by Crippen LogP contribution is -2.02. The highest BCUT2D eigenvalue weighted by atomic mass is 79.9. The monoisotopic (exact) mass is 322 g/mol. The van der Waals surface area contributed by atoms with Crippen molar-refractivity contribution >= 4 is 38.9 Å². The van der Waals surface area contributed by atoms with Crippen molar-refractivity contribution in [2.45, 2.75) is 6.92 Å². The minimum atomic E-state index is -0.502. The van der Waals surface area contributed by atoms with Gasteiger partial charge < -0.3 is 11.1 Å². The molecule has 6 nitrogen and oxygen atoms in total. The number of nitro groups is 1. The fraction of sp³-hybridized carbons (Fsp3) is 0.0833. The molecule has 0 aliphatic heterocycles. The Kier molecular flexibility index (Phi) is 3.66. The maximum atomic E-state index is 10.9. The van der Waals surface area contributed by atoms with Crippen LogP contribution in [-0.2, 0) is 0 Å². The number of pyridine rings is 1. The molecule has 1 heterocycles. The summed E-state index contributed by atoms with van der Waals surface area (Å²) in [5.74, 6) is 0.341. The van der Waals surface area contributed by atoms with Crippen LogP contribution in [0.15, 0.2) is 34.8 Å². The fourth-order valence-corrected chi connectivity index (χ4v) is 1.94. The molecular formula is C12H11BrN4O2. The van der Waals surface area contributed by atoms with Crippen molar-refractivity contribution < 1.29 is 4.92 Å². The van der Waals surface area contributed by atoms with E-state index >= 15 is 0 Å². The number of nitrogens with zero attached hydrogens (tertiary/aromatic N) is 2. The first kappa shape index (κ1) is 13.3. The molecule has 19 heavy (non-hydrogen) atoms. The molecule has 0 spiro atoms. The highest BCUT2D eigenvalue weighted by Gasteiger charge is 2.16. The molecule has 3 N–H and O–H groups in total. The van der Waals surface area contributed by atoms with E-state index in [1.807, 2.05) is 19.1 Å². The van der Waals surface area contributed by atoms with E-state index in [-0.39, 0.29) is 17.3 Å². The van der Waals surface area contributed by atoms with Crippen molar-refractivity contribution in [2.24, 2.45) is 0 Å². The van der Waals surface area contributed by atoms with Crippen molar-refractivity contribution in [3.8, 4) is 0 Å². The number of nitrogens with two attached hydrogens (primary N) is 1. The summed E-state index contributed by atoms with van der Waals surface area (Å²) in [5.41, 5.74) is 7.15. The summed E-state index contributed by atoms with van der Waals surface area (Å²) in [5, 5.41) is 13.9. The topological polar surface area (TPSA) is 94.1 Å². The number of nitrogens with one attached hydrogen (secondary N) is 1. The largest absolute Gasteiger partial charge is 0.384 e. The lowest BCUT2D eigenvalue weighted by atomic mass is 10.2. The second kappa shape index (κ2) is 5.23. The van der Waals surface area contributed by atoms with Gasteiger partial charge in [-0.2, -0.15) is 0 Å². The van der Waals surface area contributed by atoms with Crippen molar-refractivity contribution in [1.82, 2.24) is 4.98 Å². The summed E-state index contributed by atoms with van der Waals surface area (Å²) in [6.45, 7) is 1.93. The molecule has 0 aliphatic rings. The van der Waals surface area contributed by atoms with Crippen molar-refractivity contribution in [2.75, 3.05) is 11.1 Å². The number of aromatic nitrogens is 1. The van der Waals surface area contributed by atoms with Crippen molar-refractivity contribution in [1.29, 1.82) is 0 Å². The van der Waals surface area contributed by atoms with Gasteiger partial charge in [0.1, 0.15) is 5.82 Å². The van der Waals surface area contributed by atoms with E-state index in [0.29, 0.717) is 5.69 Å². The van der Waals surface area contributed by atoms with Gasteiger partial charge in [-0.05, 0) is 40.5 Å². The van der Waals surface area contributed by atoms with Gasteiger partial charge in [-0.15, -0.1) is 0 Å². The molecule has 0 saturated heterocycles. The number of nitrogen functional groups attached to an aromatic ring is 1. The van der Waals surface area contributed by atoms with Gasteiger partial charge in [-0.3, -0.25) is 10.1 Å². The SMILES string of the molecule is Cc1cccc(Nc2nc(N)ccc2[N+](=O)[O-])c1Br. The van der Waals surface area contributed by atoms with Crippen LogP contribution in [0, 0.1) is 17.0 Å². The van der Waals surface area contributed by atoms with E-state index in [2.05, 4.69) is 26.2 Å². The summed E-state index contributed by atoms with van der Waals surface area (Å²) in [7, 11) is 0. The normalized spacial score (nSPS) is 10.2. The molecule has 0 fully saturated rings. The van der Waals surface area contributed by atoms with Crippen LogP contribution in [0.5, 0.6) is 0 Å². The Hall–Kier alpha value is -2.15. The van der Waals surface area contributed by atoms with Gasteiger partial charge in [-0.1, -0.05) is 12.1 Å². The zero-order valence-electron chi connectivity index (χ0n) is 10.1. The molecule has 0 atom stereocenters. The van der Waals surface area contributed by atoms with E-state index in [9.17, 15) is 10.1 Å². The van der Waals surface area contributed by atoms with Crippen LogP contribution in [0.2, 0.25) is 0 Å². The Morgan fingerprint density at radius 3 is 2.79 bits per heavy atom. The van der Waals surface area contributed by atoms with Crippen LogP contribution in [0.4, 0.5) is 23.0 Å². The molecule has 0 amide bonds. The number of rotatable bonds is 3. The van der Waals surface area contributed by atoms with Crippen LogP contribution < -0.4 is 11.1 Å². The number of hydrogen-bond acceptors (Lipinski definition) is 5. The molecule has 1 aromatic carbocycles. The standard InChI is InChI=1S/C12H11BrN4O2/c1-7-3-2-4-8(11(7)13)15-12-9(17(18)19)5-6-10(14)16-12/h2-6H,1H3,(H3,14,15,16). The zero-order chi connectivity index (χ0) is 14.0. The summed E-state index contributed by atoms with van der Waals surface area (Å²) in [4.78, 5) is 14.4. The average Bonchev–Trinajstić information content (AvgIpc) is 2.35. The molecule has 1 aromatic heterocycles. The minimum Gasteiger partial charge on any atom is -0.384 e. The van der Waals surface area contributed by atoms with Gasteiger partial charge in [0.05, 0.1) is 10.6 Å². The lowest BCUT2D eigenvalue weighted by Gasteiger charge is -2.10. The third kappa shape index (κ3) is 2.82. The first-order valence-electron chi connectivity index (χ1n) is 5.42. The van der Waals surface area contributed by atoms with Crippen LogP contribution in [0.1, 0.15) is 5.56 Å². The summed E-state index contributed by atoms with van der Waals surface area (Å²) >= 11 is 3.43. The fourth-order valence-electron chi connectivity index (χ4n) is 1.58. The predicted octanol–water partition coefficient (Wildman–Crippen LogP) is 3.39. The molecule has 0 radical (unpaired) electrons. The molecule has 0 bridgehead atoms. The highest BCUT2D eigenvalue weighted by Crippen LogP contribution is 2.31. The second-order valence-electron chi connectivity index (χ2n) is 3.92. The predicted molar refractivity (Wildman–Crippen MR) is 77.5 cm³/mol. The molecule has 2 aromatic rings. The van der Waals surface area contributed by atoms with Gasteiger partial charge in [0.25, 0.3) is 0 Å². The first-order chi connectivity index (χ1) is 8.99. The molecule has 0 aliphatic carbocycles. The first-order valence-corrected chi connectivity index (χ1v) is 6.21. The lowest BCUT2D eigenvalue weighted by molar-refractivity contribution is -0.384. The third-order valence-electron chi connectivity index (χ3n) is 2.54. The number of halogens is 1. The van der Waals surface area contributed by atoms with Crippen LogP contribution >= 0.6 is 15.9 Å². The maximum Gasteiger partial charge on any atom is 0.311 e. The van der Waals surface area contributed by atoms with E-state index in [0.717, 1.165) is 10.0 Å². The number of aryl methyl sites for hydroxylation is 1. The molecule has 98 valence electrons. The van der Waals surface area contributed by atoms with Crippen LogP contribution in [0.25, 0.3) is 0 Å². The van der Waals surface area contributed by atoms with Gasteiger partial charge in [0, 0.05) is 10.5 Å². The average molecular weight is 323 g/mol. The quantitative estimate of drug-likeness (QED) is 0.667. The molecule has 7 heteroatoms. The van der Waals surface area contributed by atoms with Crippen LogP contribution in [-0.4, -0.2) is 9.91 Å². The molecule has 2 rings (SSSR count). The van der Waals surface area contributed by atoms with E-state index in [4.69, 9.17) is 5.73 Å². The number of benzene rings is 1. The third-order valence-corrected chi connectivity index (χ3v) is 3.59. The maximum absolute atomic E-state index is 10.9. The number of anilines is 3. The van der Waals surface area contributed by atoms with Crippen molar-refractivity contribution in [3.05, 3.63) is 50.5 Å². The smallest absolute Gasteiger partial charge is 0.311 e. The summed E-state index contributed by atoms with van der Waals surface area (Å²) in [6, 6.07) is 8.30. The van der Waals surface area contributed by atoms with E-state index in [1.165, 1.54) is 12.1 Å². The highest BCUT2D eigenvalue weighted by molar-refractivity contribution is 9.10. The second-order valence-corrected chi connectivity index (χ2v) is 4.72. The zero-order valence-corrected chi connectivity index (χ0v) is 11.6. The Labute approximate surface area is 117 Å². The minimum absolute atomic E-state index is 0.122. The van der Waals surface area contributed by atoms with Gasteiger partial charge in [0.2, 0.25) is 5.82 Å². The summed E-state index contributed by atoms with van der Waals surface area (Å²) < 4.78 is 0.827.